The second-order valence-corrected chi connectivity index (χ2v) is 10.6. The Kier molecular flexibility index (Phi) is 9.75. The van der Waals surface area contributed by atoms with Crippen LogP contribution in [-0.2, 0) is 4.43 Å². The highest BCUT2D eigenvalue weighted by Gasteiger charge is 2.28. The van der Waals surface area contributed by atoms with Crippen LogP contribution < -0.4 is 0 Å². The fourth-order valence-corrected chi connectivity index (χ4v) is 5.00. The Morgan fingerprint density at radius 3 is 2.06 bits per heavy atom. The minimum absolute atomic E-state index is 0.790. The zero-order chi connectivity index (χ0) is 14.0. The third kappa shape index (κ3) is 7.37. The molecule has 2 heteroatoms. The topological polar surface area (TPSA) is 9.23 Å². The quantitative estimate of drug-likeness (QED) is 0.361. The highest BCUT2D eigenvalue weighted by atomic mass is 28.4. The van der Waals surface area contributed by atoms with Crippen molar-refractivity contribution in [3.05, 3.63) is 11.6 Å². The molecule has 0 saturated carbocycles. The predicted octanol–water partition coefficient (Wildman–Crippen LogP) is 5.78. The van der Waals surface area contributed by atoms with E-state index in [1.807, 2.05) is 0 Å². The third-order valence-corrected chi connectivity index (χ3v) is 8.85. The molecule has 1 nitrogen and oxygen atoms in total. The molecule has 1 atom stereocenters. The van der Waals surface area contributed by atoms with Crippen LogP contribution in [0.1, 0.15) is 60.8 Å². The molecular weight excluding hydrogens is 236 g/mol. The Balaban J connectivity index is 3.85. The van der Waals surface area contributed by atoms with Gasteiger partial charge in [0.15, 0.2) is 8.32 Å². The van der Waals surface area contributed by atoms with Gasteiger partial charge in [0, 0.05) is 6.61 Å². The number of rotatable bonds is 10. The Morgan fingerprint density at radius 1 is 1.06 bits per heavy atom. The smallest absolute Gasteiger partial charge is 0.191 e. The normalized spacial score (nSPS) is 13.4. The lowest BCUT2D eigenvalue weighted by Crippen LogP contribution is -2.36. The van der Waals surface area contributed by atoms with Crippen molar-refractivity contribution in [1.82, 2.24) is 0 Å². The summed E-state index contributed by atoms with van der Waals surface area (Å²) in [6, 6.07) is 3.81. The zero-order valence-corrected chi connectivity index (χ0v) is 14.5. The average Bonchev–Trinajstić information content (AvgIpc) is 2.35. The van der Waals surface area contributed by atoms with Gasteiger partial charge in [-0.25, -0.2) is 0 Å². The Hall–Kier alpha value is -0.0831. The van der Waals surface area contributed by atoms with Crippen LogP contribution >= 0.6 is 0 Å². The molecule has 0 fully saturated rings. The monoisotopic (exact) mass is 270 g/mol. The van der Waals surface area contributed by atoms with Gasteiger partial charge < -0.3 is 4.43 Å². The molecule has 0 amide bonds. The highest BCUT2D eigenvalue weighted by Crippen LogP contribution is 2.22. The summed E-state index contributed by atoms with van der Waals surface area (Å²) in [5.74, 6) is 0.790. The van der Waals surface area contributed by atoms with E-state index in [4.69, 9.17) is 4.43 Å². The van der Waals surface area contributed by atoms with Crippen LogP contribution in [0.3, 0.4) is 0 Å². The van der Waals surface area contributed by atoms with E-state index >= 15 is 0 Å². The summed E-state index contributed by atoms with van der Waals surface area (Å²) >= 11 is 0. The number of hydrogen-bond donors (Lipinski definition) is 0. The van der Waals surface area contributed by atoms with E-state index < -0.39 is 8.32 Å². The molecule has 0 aliphatic carbocycles. The second kappa shape index (κ2) is 9.80. The maximum atomic E-state index is 6.30. The first-order valence-electron chi connectivity index (χ1n) is 7.77. The first kappa shape index (κ1) is 17.9. The van der Waals surface area contributed by atoms with Gasteiger partial charge in [0.25, 0.3) is 0 Å². The molecule has 0 aromatic carbocycles. The van der Waals surface area contributed by atoms with Crippen LogP contribution in [0.25, 0.3) is 0 Å². The largest absolute Gasteiger partial charge is 0.417 e. The van der Waals surface area contributed by atoms with Gasteiger partial charge in [-0.1, -0.05) is 39.3 Å². The fraction of sp³-hybridized carbons (Fsp3) is 0.875. The first-order valence-corrected chi connectivity index (χ1v) is 10.3. The summed E-state index contributed by atoms with van der Waals surface area (Å²) in [5.41, 5.74) is 1.44. The molecular formula is C16H34OSi. The Bertz CT molecular complexity index is 219. The van der Waals surface area contributed by atoms with E-state index in [9.17, 15) is 0 Å². The molecule has 108 valence electrons. The van der Waals surface area contributed by atoms with Crippen molar-refractivity contribution in [2.75, 3.05) is 6.61 Å². The summed E-state index contributed by atoms with van der Waals surface area (Å²) in [5, 5.41) is 0. The van der Waals surface area contributed by atoms with Crippen LogP contribution in [0.15, 0.2) is 11.6 Å². The molecule has 0 spiro atoms. The molecule has 0 unspecified atom stereocenters. The van der Waals surface area contributed by atoms with Crippen molar-refractivity contribution in [2.24, 2.45) is 5.92 Å². The first-order chi connectivity index (χ1) is 8.49. The molecule has 0 radical (unpaired) electrons. The van der Waals surface area contributed by atoms with E-state index in [0.29, 0.717) is 0 Å². The molecule has 0 aromatic heterocycles. The van der Waals surface area contributed by atoms with Crippen LogP contribution in [0.4, 0.5) is 0 Å². The van der Waals surface area contributed by atoms with Gasteiger partial charge in [0.05, 0.1) is 0 Å². The lowest BCUT2D eigenvalue weighted by atomic mass is 10.0. The van der Waals surface area contributed by atoms with E-state index in [1.54, 1.807) is 0 Å². The van der Waals surface area contributed by atoms with Crippen molar-refractivity contribution in [2.45, 2.75) is 78.9 Å². The lowest BCUT2D eigenvalue weighted by molar-refractivity contribution is 0.265. The van der Waals surface area contributed by atoms with Gasteiger partial charge in [0.2, 0.25) is 0 Å². The summed E-state index contributed by atoms with van der Waals surface area (Å²) in [6.07, 6.45) is 6.10. The van der Waals surface area contributed by atoms with Crippen molar-refractivity contribution < 1.29 is 4.43 Å². The van der Waals surface area contributed by atoms with E-state index in [-0.39, 0.29) is 0 Å². The van der Waals surface area contributed by atoms with Crippen molar-refractivity contribution >= 4 is 8.32 Å². The Labute approximate surface area is 116 Å². The summed E-state index contributed by atoms with van der Waals surface area (Å²) in [7, 11) is -1.35. The van der Waals surface area contributed by atoms with Gasteiger partial charge in [-0.05, 0) is 57.2 Å². The van der Waals surface area contributed by atoms with Crippen molar-refractivity contribution in [1.29, 1.82) is 0 Å². The SMILES string of the molecule is CC[Si](CC)(CC)OCC[C@@H](C)CCC=C(C)C. The lowest BCUT2D eigenvalue weighted by Gasteiger charge is -2.28. The number of allylic oxidation sites excluding steroid dienone is 2. The fourth-order valence-electron chi connectivity index (χ4n) is 2.33. The van der Waals surface area contributed by atoms with E-state index in [1.165, 1.54) is 43.0 Å². The van der Waals surface area contributed by atoms with Crippen LogP contribution in [0.2, 0.25) is 18.1 Å². The molecule has 0 aliphatic rings. The molecule has 0 bridgehead atoms. The molecule has 0 rings (SSSR count). The van der Waals surface area contributed by atoms with Crippen LogP contribution in [-0.4, -0.2) is 14.9 Å². The molecule has 0 N–H and O–H groups in total. The second-order valence-electron chi connectivity index (χ2n) is 5.84. The third-order valence-electron chi connectivity index (χ3n) is 4.16. The van der Waals surface area contributed by atoms with Crippen LogP contribution in [0.5, 0.6) is 0 Å². The van der Waals surface area contributed by atoms with Gasteiger partial charge in [-0.3, -0.25) is 0 Å². The predicted molar refractivity (Wildman–Crippen MR) is 85.6 cm³/mol. The van der Waals surface area contributed by atoms with Gasteiger partial charge >= 0.3 is 0 Å². The summed E-state index contributed by atoms with van der Waals surface area (Å²) in [4.78, 5) is 0. The molecule has 0 heterocycles. The Morgan fingerprint density at radius 2 is 1.61 bits per heavy atom. The van der Waals surface area contributed by atoms with Crippen molar-refractivity contribution in [3.63, 3.8) is 0 Å². The average molecular weight is 271 g/mol. The van der Waals surface area contributed by atoms with Gasteiger partial charge in [0.1, 0.15) is 0 Å². The van der Waals surface area contributed by atoms with Crippen LogP contribution in [0, 0.1) is 5.92 Å². The summed E-state index contributed by atoms with van der Waals surface area (Å²) in [6.45, 7) is 14.6. The minimum Gasteiger partial charge on any atom is -0.417 e. The van der Waals surface area contributed by atoms with E-state index in [0.717, 1.165) is 12.5 Å². The number of hydrogen-bond acceptors (Lipinski definition) is 1. The zero-order valence-electron chi connectivity index (χ0n) is 13.5. The summed E-state index contributed by atoms with van der Waals surface area (Å²) < 4.78 is 6.30. The maximum absolute atomic E-state index is 6.30. The van der Waals surface area contributed by atoms with E-state index in [2.05, 4.69) is 47.6 Å². The maximum Gasteiger partial charge on any atom is 0.191 e. The highest BCUT2D eigenvalue weighted by molar-refractivity contribution is 6.73. The van der Waals surface area contributed by atoms with Gasteiger partial charge in [-0.15, -0.1) is 0 Å². The van der Waals surface area contributed by atoms with Gasteiger partial charge in [-0.2, -0.15) is 0 Å². The van der Waals surface area contributed by atoms with Crippen molar-refractivity contribution in [3.8, 4) is 0 Å². The molecule has 0 aliphatic heterocycles. The minimum atomic E-state index is -1.35. The molecule has 18 heavy (non-hydrogen) atoms. The molecule has 0 aromatic rings. The molecule has 0 saturated heterocycles. The standard InChI is InChI=1S/C16H34OSi/c1-7-18(8-2,9-3)17-14-13-16(6)12-10-11-15(4)5/h11,16H,7-10,12-14H2,1-6H3/t16-/m0/s1.